The Balaban J connectivity index is 1.59. The number of hydrogen-bond acceptors (Lipinski definition) is 4. The van der Waals surface area contributed by atoms with Gasteiger partial charge in [-0.2, -0.15) is 0 Å². The summed E-state index contributed by atoms with van der Waals surface area (Å²) in [5.41, 5.74) is -0.258. The van der Waals surface area contributed by atoms with Crippen molar-refractivity contribution in [2.75, 3.05) is 32.5 Å². The van der Waals surface area contributed by atoms with Crippen molar-refractivity contribution in [2.45, 2.75) is 37.6 Å². The van der Waals surface area contributed by atoms with Crippen LogP contribution in [-0.4, -0.2) is 71.2 Å². The minimum Gasteiger partial charge on any atom is -0.335 e. The van der Waals surface area contributed by atoms with Gasteiger partial charge in [0, 0.05) is 24.8 Å². The highest BCUT2D eigenvalue weighted by molar-refractivity contribution is 6.30. The van der Waals surface area contributed by atoms with E-state index in [1.807, 2.05) is 0 Å². The van der Waals surface area contributed by atoms with Gasteiger partial charge in [-0.1, -0.05) is 30.9 Å². The van der Waals surface area contributed by atoms with Gasteiger partial charge in [-0.05, 0) is 37.1 Å². The monoisotopic (exact) mass is 420 g/mol. The maximum Gasteiger partial charge on any atom is 0.327 e. The van der Waals surface area contributed by atoms with Gasteiger partial charge in [-0.25, -0.2) is 4.79 Å². The first kappa shape index (κ1) is 21.1. The van der Waals surface area contributed by atoms with E-state index in [-0.39, 0.29) is 24.9 Å². The fourth-order valence-electron chi connectivity index (χ4n) is 3.96. The van der Waals surface area contributed by atoms with Gasteiger partial charge >= 0.3 is 6.03 Å². The second-order valence-corrected chi connectivity index (χ2v) is 8.07. The van der Waals surface area contributed by atoms with Crippen LogP contribution in [0, 0.1) is 0 Å². The first-order valence-electron chi connectivity index (χ1n) is 9.64. The molecule has 1 aliphatic heterocycles. The summed E-state index contributed by atoms with van der Waals surface area (Å²) in [6, 6.07) is 6.15. The summed E-state index contributed by atoms with van der Waals surface area (Å²) in [5, 5.41) is 3.22. The number of carbonyl (C=O) groups is 4. The minimum atomic E-state index is -0.819. The van der Waals surface area contributed by atoms with Crippen molar-refractivity contribution in [3.05, 3.63) is 29.3 Å². The van der Waals surface area contributed by atoms with Crippen LogP contribution in [0.5, 0.6) is 0 Å². The Kier molecular flexibility index (Phi) is 6.12. The number of benzene rings is 1. The second-order valence-electron chi connectivity index (χ2n) is 7.63. The summed E-state index contributed by atoms with van der Waals surface area (Å²) in [4.78, 5) is 54.0. The number of hydrogen-bond donors (Lipinski definition) is 1. The van der Waals surface area contributed by atoms with Gasteiger partial charge in [0.05, 0.1) is 6.54 Å². The Labute approximate surface area is 174 Å². The third-order valence-electron chi connectivity index (χ3n) is 5.71. The van der Waals surface area contributed by atoms with Crippen molar-refractivity contribution in [1.29, 1.82) is 0 Å². The molecule has 1 heterocycles. The van der Waals surface area contributed by atoms with Crippen LogP contribution in [0.3, 0.4) is 0 Å². The summed E-state index contributed by atoms with van der Waals surface area (Å²) in [7, 11) is 3.09. The lowest BCUT2D eigenvalue weighted by Crippen LogP contribution is -2.49. The van der Waals surface area contributed by atoms with Gasteiger partial charge in [0.2, 0.25) is 11.8 Å². The van der Waals surface area contributed by atoms with Gasteiger partial charge in [-0.15, -0.1) is 0 Å². The number of imide groups is 1. The molecule has 0 atom stereocenters. The van der Waals surface area contributed by atoms with E-state index in [1.165, 1.54) is 16.8 Å². The highest BCUT2D eigenvalue weighted by Crippen LogP contribution is 2.39. The number of nitrogens with zero attached hydrogens (tertiary/aromatic N) is 3. The largest absolute Gasteiger partial charge is 0.335 e. The van der Waals surface area contributed by atoms with Crippen LogP contribution in [0.4, 0.5) is 10.5 Å². The lowest BCUT2D eigenvalue weighted by atomic mass is 9.81. The molecule has 5 amide bonds. The first-order valence-corrected chi connectivity index (χ1v) is 10.0. The molecule has 3 rings (SSSR count). The molecule has 1 aromatic carbocycles. The molecule has 2 fully saturated rings. The van der Waals surface area contributed by atoms with E-state index in [2.05, 4.69) is 5.32 Å². The second kappa shape index (κ2) is 8.41. The van der Waals surface area contributed by atoms with Crippen molar-refractivity contribution in [1.82, 2.24) is 14.7 Å². The lowest BCUT2D eigenvalue weighted by molar-refractivity contribution is -0.140. The summed E-state index contributed by atoms with van der Waals surface area (Å²) < 4.78 is 0. The van der Waals surface area contributed by atoms with E-state index in [4.69, 9.17) is 11.6 Å². The van der Waals surface area contributed by atoms with Gasteiger partial charge < -0.3 is 15.1 Å². The average Bonchev–Trinajstić information content (AvgIpc) is 2.86. The number of amides is 5. The Morgan fingerprint density at radius 2 is 1.76 bits per heavy atom. The summed E-state index contributed by atoms with van der Waals surface area (Å²) in [5.74, 6) is -1.17. The van der Waals surface area contributed by atoms with Crippen LogP contribution in [0.2, 0.25) is 5.02 Å². The van der Waals surface area contributed by atoms with Crippen molar-refractivity contribution in [3.8, 4) is 0 Å². The molecule has 1 aromatic rings. The molecule has 1 N–H and O–H groups in total. The molecule has 29 heavy (non-hydrogen) atoms. The van der Waals surface area contributed by atoms with Gasteiger partial charge in [0.1, 0.15) is 12.1 Å². The maximum atomic E-state index is 13.0. The molecule has 1 spiro atoms. The zero-order valence-electron chi connectivity index (χ0n) is 16.6. The quantitative estimate of drug-likeness (QED) is 0.740. The van der Waals surface area contributed by atoms with Crippen molar-refractivity contribution in [2.24, 2.45) is 0 Å². The summed E-state index contributed by atoms with van der Waals surface area (Å²) in [6.07, 6.45) is 4.06. The Morgan fingerprint density at radius 1 is 1.14 bits per heavy atom. The first-order chi connectivity index (χ1) is 13.7. The molecule has 1 saturated carbocycles. The number of nitrogens with one attached hydrogen (secondary N) is 1. The Bertz CT molecular complexity index is 820. The predicted molar refractivity (Wildman–Crippen MR) is 108 cm³/mol. The van der Waals surface area contributed by atoms with E-state index < -0.39 is 17.5 Å². The summed E-state index contributed by atoms with van der Waals surface area (Å²) >= 11 is 5.81. The molecule has 0 bridgehead atoms. The summed E-state index contributed by atoms with van der Waals surface area (Å²) in [6.45, 7) is -0.562. The van der Waals surface area contributed by atoms with Crippen molar-refractivity contribution in [3.63, 3.8) is 0 Å². The standard InChI is InChI=1S/C20H25ClN4O4/c1-23(12-16(26)22-15-8-6-14(21)7-9-15)17(27)13-25-18(28)20(24(2)19(25)29)10-4-3-5-11-20/h6-9H,3-5,10-13H2,1-2H3,(H,22,26). The van der Waals surface area contributed by atoms with E-state index in [0.29, 0.717) is 23.6 Å². The normalized spacial score (nSPS) is 18.3. The smallest absolute Gasteiger partial charge is 0.327 e. The highest BCUT2D eigenvalue weighted by atomic mass is 35.5. The third kappa shape index (κ3) is 4.22. The average molecular weight is 421 g/mol. The molecule has 9 heteroatoms. The number of anilines is 1. The van der Waals surface area contributed by atoms with Crippen LogP contribution >= 0.6 is 11.6 Å². The molecular weight excluding hydrogens is 396 g/mol. The number of halogens is 1. The Hall–Kier alpha value is -2.61. The number of likely N-dealkylation sites (N-methyl/N-ethyl adjacent to an activating group) is 2. The molecule has 1 aliphatic carbocycles. The van der Waals surface area contributed by atoms with Crippen LogP contribution in [0.1, 0.15) is 32.1 Å². The van der Waals surface area contributed by atoms with E-state index >= 15 is 0 Å². The van der Waals surface area contributed by atoms with E-state index in [9.17, 15) is 19.2 Å². The van der Waals surface area contributed by atoms with Crippen LogP contribution in [0.15, 0.2) is 24.3 Å². The molecule has 0 aromatic heterocycles. The van der Waals surface area contributed by atoms with Gasteiger partial charge in [-0.3, -0.25) is 19.3 Å². The van der Waals surface area contributed by atoms with Crippen LogP contribution in [0.25, 0.3) is 0 Å². The predicted octanol–water partition coefficient (Wildman–Crippen LogP) is 2.33. The van der Waals surface area contributed by atoms with E-state index in [1.54, 1.807) is 31.3 Å². The Morgan fingerprint density at radius 3 is 2.38 bits per heavy atom. The third-order valence-corrected chi connectivity index (χ3v) is 5.96. The number of rotatable bonds is 5. The van der Waals surface area contributed by atoms with Crippen LogP contribution in [-0.2, 0) is 14.4 Å². The molecule has 1 saturated heterocycles. The van der Waals surface area contributed by atoms with Crippen molar-refractivity contribution >= 4 is 41.0 Å². The molecule has 2 aliphatic rings. The van der Waals surface area contributed by atoms with Gasteiger partial charge in [0.15, 0.2) is 0 Å². The molecule has 0 radical (unpaired) electrons. The molecule has 156 valence electrons. The zero-order valence-corrected chi connectivity index (χ0v) is 17.4. The zero-order chi connectivity index (χ0) is 21.2. The van der Waals surface area contributed by atoms with Gasteiger partial charge in [0.25, 0.3) is 5.91 Å². The molecular formula is C20H25ClN4O4. The SMILES string of the molecule is CN(CC(=O)Nc1ccc(Cl)cc1)C(=O)CN1C(=O)N(C)C2(CCCCC2)C1=O. The molecule has 8 nitrogen and oxygen atoms in total. The topological polar surface area (TPSA) is 90.0 Å². The number of carbonyl (C=O) groups excluding carboxylic acids is 4. The van der Waals surface area contributed by atoms with Crippen LogP contribution < -0.4 is 5.32 Å². The minimum absolute atomic E-state index is 0.196. The van der Waals surface area contributed by atoms with E-state index in [0.717, 1.165) is 24.2 Å². The molecule has 0 unspecified atom stereocenters. The number of urea groups is 1. The lowest BCUT2D eigenvalue weighted by Gasteiger charge is -2.35. The fraction of sp³-hybridized carbons (Fsp3) is 0.500. The highest BCUT2D eigenvalue weighted by Gasteiger charge is 2.55. The van der Waals surface area contributed by atoms with Crippen molar-refractivity contribution < 1.29 is 19.2 Å². The maximum absolute atomic E-state index is 13.0. The fourth-order valence-corrected chi connectivity index (χ4v) is 4.09.